The number of carbonyl (C=O) groups excluding carboxylic acids is 2. The minimum Gasteiger partial charge on any atom is -0.493 e. The van der Waals surface area contributed by atoms with Crippen LogP contribution < -0.4 is 15.8 Å². The van der Waals surface area contributed by atoms with Gasteiger partial charge in [-0.3, -0.25) is 9.59 Å². The molecule has 0 saturated carbocycles. The van der Waals surface area contributed by atoms with E-state index in [9.17, 15) is 9.59 Å². The molecule has 1 heterocycles. The largest absolute Gasteiger partial charge is 0.493 e. The van der Waals surface area contributed by atoms with Crippen LogP contribution in [0, 0.1) is 5.92 Å². The van der Waals surface area contributed by atoms with Crippen LogP contribution in [0.2, 0.25) is 0 Å². The lowest BCUT2D eigenvalue weighted by Gasteiger charge is -2.30. The molecule has 3 N–H and O–H groups in total. The molecule has 1 aliphatic rings. The Morgan fingerprint density at radius 2 is 2.04 bits per heavy atom. The number of amides is 2. The van der Waals surface area contributed by atoms with E-state index in [4.69, 9.17) is 10.5 Å². The predicted octanol–water partition coefficient (Wildman–Crippen LogP) is 1.80. The van der Waals surface area contributed by atoms with Crippen molar-refractivity contribution in [2.45, 2.75) is 26.2 Å². The molecule has 0 aliphatic carbocycles. The minimum absolute atomic E-state index is 0.0238. The second-order valence-electron chi connectivity index (χ2n) is 6.47. The van der Waals surface area contributed by atoms with E-state index in [1.165, 1.54) is 6.08 Å². The molecular weight excluding hydrogens is 330 g/mol. The molecule has 1 aromatic rings. The smallest absolute Gasteiger partial charge is 0.244 e. The van der Waals surface area contributed by atoms with Gasteiger partial charge in [0.25, 0.3) is 0 Å². The average molecular weight is 359 g/mol. The number of piperidine rings is 1. The molecule has 1 aliphatic heterocycles. The molecule has 0 bridgehead atoms. The highest BCUT2D eigenvalue weighted by atomic mass is 16.5. The van der Waals surface area contributed by atoms with Crippen molar-refractivity contribution in [2.75, 3.05) is 32.8 Å². The maximum atomic E-state index is 12.0. The van der Waals surface area contributed by atoms with Gasteiger partial charge in [0.1, 0.15) is 5.75 Å². The summed E-state index contributed by atoms with van der Waals surface area (Å²) < 4.78 is 5.54. The number of hydrogen-bond acceptors (Lipinski definition) is 4. The summed E-state index contributed by atoms with van der Waals surface area (Å²) >= 11 is 0. The zero-order valence-electron chi connectivity index (χ0n) is 15.4. The molecule has 0 radical (unpaired) electrons. The Bertz CT molecular complexity index is 622. The van der Waals surface area contributed by atoms with Crippen molar-refractivity contribution in [3.8, 4) is 5.75 Å². The van der Waals surface area contributed by atoms with E-state index in [0.717, 1.165) is 50.2 Å². The zero-order valence-corrected chi connectivity index (χ0v) is 15.4. The highest BCUT2D eigenvalue weighted by molar-refractivity contribution is 5.92. The predicted molar refractivity (Wildman–Crippen MR) is 103 cm³/mol. The van der Waals surface area contributed by atoms with Gasteiger partial charge in [-0.25, -0.2) is 0 Å². The maximum Gasteiger partial charge on any atom is 0.244 e. The monoisotopic (exact) mass is 359 g/mol. The molecule has 6 nitrogen and oxygen atoms in total. The van der Waals surface area contributed by atoms with Crippen molar-refractivity contribution in [1.82, 2.24) is 10.2 Å². The number of rotatable bonds is 9. The van der Waals surface area contributed by atoms with Crippen molar-refractivity contribution in [3.63, 3.8) is 0 Å². The first kappa shape index (κ1) is 20.0. The van der Waals surface area contributed by atoms with Crippen LogP contribution in [0.5, 0.6) is 5.75 Å². The summed E-state index contributed by atoms with van der Waals surface area (Å²) in [5.74, 6) is 0.507. The third-order valence-electron chi connectivity index (χ3n) is 4.57. The van der Waals surface area contributed by atoms with Gasteiger partial charge in [-0.2, -0.15) is 0 Å². The Morgan fingerprint density at radius 1 is 1.31 bits per heavy atom. The second kappa shape index (κ2) is 10.6. The summed E-state index contributed by atoms with van der Waals surface area (Å²) in [4.78, 5) is 25.4. The molecule has 1 fully saturated rings. The number of nitrogens with two attached hydrogens (primary N) is 1. The molecule has 142 valence electrons. The van der Waals surface area contributed by atoms with Crippen molar-refractivity contribution >= 4 is 17.9 Å². The lowest BCUT2D eigenvalue weighted by Crippen LogP contribution is -2.39. The first-order valence-electron chi connectivity index (χ1n) is 9.29. The van der Waals surface area contributed by atoms with Crippen LogP contribution in [0.25, 0.3) is 6.08 Å². The summed E-state index contributed by atoms with van der Waals surface area (Å²) in [6, 6.07) is 7.64. The number of hydrogen-bond donors (Lipinski definition) is 2. The topological polar surface area (TPSA) is 84.7 Å². The first-order valence-corrected chi connectivity index (χ1v) is 9.29. The molecule has 6 heteroatoms. The third-order valence-corrected chi connectivity index (χ3v) is 4.57. The van der Waals surface area contributed by atoms with Gasteiger partial charge in [0.05, 0.1) is 6.61 Å². The summed E-state index contributed by atoms with van der Waals surface area (Å²) in [7, 11) is 0. The van der Waals surface area contributed by atoms with E-state index in [0.29, 0.717) is 13.2 Å². The van der Waals surface area contributed by atoms with Gasteiger partial charge >= 0.3 is 0 Å². The van der Waals surface area contributed by atoms with Crippen LogP contribution in [-0.2, 0) is 9.59 Å². The average Bonchev–Trinajstić information content (AvgIpc) is 2.65. The van der Waals surface area contributed by atoms with E-state index in [-0.39, 0.29) is 17.7 Å². The summed E-state index contributed by atoms with van der Waals surface area (Å²) in [5, 5.41) is 2.90. The van der Waals surface area contributed by atoms with Crippen LogP contribution in [0.4, 0.5) is 0 Å². The number of nitrogens with one attached hydrogen (secondary N) is 1. The quantitative estimate of drug-likeness (QED) is 0.520. The Hall–Kier alpha value is -2.34. The van der Waals surface area contributed by atoms with Crippen molar-refractivity contribution < 1.29 is 14.3 Å². The normalized spacial score (nSPS) is 15.9. The molecule has 2 amide bonds. The number of benzene rings is 1. The number of para-hydroxylation sites is 1. The van der Waals surface area contributed by atoms with Crippen molar-refractivity contribution in [3.05, 3.63) is 35.9 Å². The Balaban J connectivity index is 1.66. The van der Waals surface area contributed by atoms with Gasteiger partial charge in [-0.1, -0.05) is 18.2 Å². The lowest BCUT2D eigenvalue weighted by molar-refractivity contribution is -0.123. The molecule has 0 atom stereocenters. The Labute approximate surface area is 155 Å². The fourth-order valence-electron chi connectivity index (χ4n) is 3.08. The Morgan fingerprint density at radius 3 is 2.73 bits per heavy atom. The van der Waals surface area contributed by atoms with Gasteiger partial charge in [0.2, 0.25) is 11.8 Å². The van der Waals surface area contributed by atoms with Crippen molar-refractivity contribution in [1.29, 1.82) is 0 Å². The molecular formula is C20H29N3O3. The van der Waals surface area contributed by atoms with Gasteiger partial charge in [-0.15, -0.1) is 0 Å². The molecule has 0 unspecified atom stereocenters. The van der Waals surface area contributed by atoms with E-state index >= 15 is 0 Å². The van der Waals surface area contributed by atoms with Crippen molar-refractivity contribution in [2.24, 2.45) is 11.7 Å². The van der Waals surface area contributed by atoms with Gasteiger partial charge in [0.15, 0.2) is 0 Å². The van der Waals surface area contributed by atoms with Crippen LogP contribution in [0.15, 0.2) is 30.3 Å². The lowest BCUT2D eigenvalue weighted by atomic mass is 9.96. The summed E-state index contributed by atoms with van der Waals surface area (Å²) in [6.45, 7) is 5.87. The Kier molecular flexibility index (Phi) is 8.15. The molecule has 26 heavy (non-hydrogen) atoms. The third kappa shape index (κ3) is 6.52. The van der Waals surface area contributed by atoms with E-state index < -0.39 is 0 Å². The zero-order chi connectivity index (χ0) is 18.8. The van der Waals surface area contributed by atoms with Gasteiger partial charge in [0, 0.05) is 24.1 Å². The molecule has 0 aromatic heterocycles. The molecule has 2 rings (SSSR count). The molecule has 0 spiro atoms. The SMILES string of the molecule is CCOc1ccccc1/C=C/C(=O)NCCCN1CCC(C(N)=O)CC1. The molecule has 1 saturated heterocycles. The van der Waals surface area contributed by atoms with Crippen LogP contribution in [-0.4, -0.2) is 49.5 Å². The maximum absolute atomic E-state index is 12.0. The fourth-order valence-corrected chi connectivity index (χ4v) is 3.08. The number of ether oxygens (including phenoxy) is 1. The number of nitrogens with zero attached hydrogens (tertiary/aromatic N) is 1. The summed E-state index contributed by atoms with van der Waals surface area (Å²) in [5.41, 5.74) is 6.24. The van der Waals surface area contributed by atoms with Crippen LogP contribution in [0.3, 0.4) is 0 Å². The summed E-state index contributed by atoms with van der Waals surface area (Å²) in [6.07, 6.45) is 5.87. The number of carbonyl (C=O) groups is 2. The van der Waals surface area contributed by atoms with E-state index in [1.54, 1.807) is 6.08 Å². The van der Waals surface area contributed by atoms with Crippen LogP contribution >= 0.6 is 0 Å². The first-order chi connectivity index (χ1) is 12.6. The molecule has 1 aromatic carbocycles. The highest BCUT2D eigenvalue weighted by Gasteiger charge is 2.22. The van der Waals surface area contributed by atoms with Gasteiger partial charge < -0.3 is 20.7 Å². The van der Waals surface area contributed by atoms with Gasteiger partial charge in [-0.05, 0) is 58.0 Å². The minimum atomic E-state index is -0.186. The second-order valence-corrected chi connectivity index (χ2v) is 6.47. The number of likely N-dealkylation sites (tertiary alicyclic amines) is 1. The highest BCUT2D eigenvalue weighted by Crippen LogP contribution is 2.19. The number of primary amides is 1. The van der Waals surface area contributed by atoms with E-state index in [2.05, 4.69) is 10.2 Å². The van der Waals surface area contributed by atoms with Crippen LogP contribution in [0.1, 0.15) is 31.7 Å². The fraction of sp³-hybridized carbons (Fsp3) is 0.500. The standard InChI is InChI=1S/C20H29N3O3/c1-2-26-18-7-4-3-6-16(18)8-9-19(24)22-12-5-13-23-14-10-17(11-15-23)20(21)25/h3-4,6-9,17H,2,5,10-15H2,1H3,(H2,21,25)(H,22,24)/b9-8+. The van der Waals surface area contributed by atoms with E-state index in [1.807, 2.05) is 31.2 Å².